The third kappa shape index (κ3) is 7.68. The summed E-state index contributed by atoms with van der Waals surface area (Å²) in [5.74, 6) is 0.108. The average Bonchev–Trinajstić information content (AvgIpc) is 2.25. The Morgan fingerprint density at radius 1 is 1.40 bits per heavy atom. The highest BCUT2D eigenvalue weighted by Crippen LogP contribution is 2.02. The van der Waals surface area contributed by atoms with Gasteiger partial charge in [-0.2, -0.15) is 11.8 Å². The Balaban J connectivity index is 3.60. The lowest BCUT2D eigenvalue weighted by molar-refractivity contribution is -0.122. The summed E-state index contributed by atoms with van der Waals surface area (Å²) in [6, 6.07) is -0.0866. The number of hydrogen-bond donors (Lipinski definition) is 2. The number of carbonyl (C=O) groups is 1. The minimum Gasteiger partial charge on any atom is -0.355 e. The molecule has 1 amide bonds. The van der Waals surface area contributed by atoms with Crippen molar-refractivity contribution in [2.45, 2.75) is 44.9 Å². The molecule has 0 heterocycles. The molecular weight excluding hydrogens is 208 g/mol. The summed E-state index contributed by atoms with van der Waals surface area (Å²) < 4.78 is 0. The molecule has 0 bridgehead atoms. The highest BCUT2D eigenvalue weighted by atomic mass is 32.2. The van der Waals surface area contributed by atoms with Crippen molar-refractivity contribution in [3.63, 3.8) is 0 Å². The van der Waals surface area contributed by atoms with Crippen LogP contribution < -0.4 is 10.6 Å². The number of unbranched alkanes of at least 4 members (excludes halogenated alkanes) is 1. The molecular formula is C11H24N2OS. The maximum absolute atomic E-state index is 11.5. The van der Waals surface area contributed by atoms with Gasteiger partial charge in [0.15, 0.2) is 0 Å². The second-order valence-electron chi connectivity index (χ2n) is 3.82. The quantitative estimate of drug-likeness (QED) is 0.625. The molecule has 0 saturated heterocycles. The van der Waals surface area contributed by atoms with Gasteiger partial charge in [0.25, 0.3) is 0 Å². The zero-order chi connectivity index (χ0) is 11.7. The number of thioether (sulfide) groups is 1. The van der Waals surface area contributed by atoms with Crippen LogP contribution in [0.4, 0.5) is 0 Å². The molecule has 15 heavy (non-hydrogen) atoms. The Hall–Kier alpha value is -0.220. The maximum Gasteiger partial charge on any atom is 0.236 e. The third-order valence-electron chi connectivity index (χ3n) is 2.34. The Morgan fingerprint density at radius 3 is 2.60 bits per heavy atom. The minimum atomic E-state index is -0.0866. The van der Waals surface area contributed by atoms with Gasteiger partial charge in [-0.3, -0.25) is 4.79 Å². The van der Waals surface area contributed by atoms with Crippen molar-refractivity contribution in [2.24, 2.45) is 0 Å². The van der Waals surface area contributed by atoms with Crippen molar-refractivity contribution in [1.82, 2.24) is 10.6 Å². The number of hydrogen-bond acceptors (Lipinski definition) is 3. The summed E-state index contributed by atoms with van der Waals surface area (Å²) in [7, 11) is 0. The van der Waals surface area contributed by atoms with Gasteiger partial charge in [0, 0.05) is 18.3 Å². The number of amides is 1. The summed E-state index contributed by atoms with van der Waals surface area (Å²) in [6.45, 7) is 7.85. The van der Waals surface area contributed by atoms with Crippen LogP contribution in [0.5, 0.6) is 0 Å². The van der Waals surface area contributed by atoms with Gasteiger partial charge in [0.05, 0.1) is 6.04 Å². The molecule has 0 aliphatic rings. The van der Waals surface area contributed by atoms with Crippen molar-refractivity contribution in [1.29, 1.82) is 0 Å². The van der Waals surface area contributed by atoms with Crippen LogP contribution in [0, 0.1) is 0 Å². The van der Waals surface area contributed by atoms with Gasteiger partial charge in [0.2, 0.25) is 5.91 Å². The van der Waals surface area contributed by atoms with E-state index in [-0.39, 0.29) is 11.9 Å². The molecule has 3 nitrogen and oxygen atoms in total. The highest BCUT2D eigenvalue weighted by Gasteiger charge is 2.11. The third-order valence-corrected chi connectivity index (χ3v) is 3.31. The van der Waals surface area contributed by atoms with Gasteiger partial charge in [0.1, 0.15) is 0 Å². The number of nitrogens with one attached hydrogen (secondary N) is 2. The molecule has 0 saturated carbocycles. The summed E-state index contributed by atoms with van der Waals surface area (Å²) in [6.07, 6.45) is 4.25. The van der Waals surface area contributed by atoms with Gasteiger partial charge in [-0.1, -0.05) is 20.3 Å². The van der Waals surface area contributed by atoms with Crippen molar-refractivity contribution >= 4 is 17.7 Å². The van der Waals surface area contributed by atoms with Crippen LogP contribution >= 0.6 is 11.8 Å². The minimum absolute atomic E-state index is 0.0866. The van der Waals surface area contributed by atoms with Gasteiger partial charge in [-0.05, 0) is 19.6 Å². The first-order valence-electron chi connectivity index (χ1n) is 5.65. The summed E-state index contributed by atoms with van der Waals surface area (Å²) in [4.78, 5) is 11.5. The van der Waals surface area contributed by atoms with E-state index in [4.69, 9.17) is 0 Å². The van der Waals surface area contributed by atoms with Crippen LogP contribution in [-0.4, -0.2) is 36.5 Å². The smallest absolute Gasteiger partial charge is 0.236 e. The van der Waals surface area contributed by atoms with E-state index in [1.54, 1.807) is 11.8 Å². The molecule has 0 spiro atoms. The van der Waals surface area contributed by atoms with Crippen molar-refractivity contribution < 1.29 is 4.79 Å². The van der Waals surface area contributed by atoms with Crippen LogP contribution in [-0.2, 0) is 4.79 Å². The Labute approximate surface area is 97.8 Å². The van der Waals surface area contributed by atoms with Crippen molar-refractivity contribution in [3.05, 3.63) is 0 Å². The van der Waals surface area contributed by atoms with E-state index in [1.165, 1.54) is 0 Å². The molecule has 0 radical (unpaired) electrons. The van der Waals surface area contributed by atoms with Crippen molar-refractivity contribution in [2.75, 3.05) is 19.3 Å². The van der Waals surface area contributed by atoms with E-state index in [9.17, 15) is 4.79 Å². The first-order chi connectivity index (χ1) is 7.11. The number of carbonyl (C=O) groups excluding carboxylic acids is 1. The second kappa shape index (κ2) is 9.04. The standard InChI is InChI=1S/C11H24N2OS/c1-5-6-7-12-11(14)10(3)13-8-9(2)15-4/h9-10,13H,5-8H2,1-4H3,(H,12,14). The fourth-order valence-corrected chi connectivity index (χ4v) is 1.32. The van der Waals surface area contributed by atoms with Gasteiger partial charge in [-0.25, -0.2) is 0 Å². The molecule has 0 fully saturated rings. The molecule has 90 valence electrons. The maximum atomic E-state index is 11.5. The van der Waals surface area contributed by atoms with E-state index < -0.39 is 0 Å². The fourth-order valence-electron chi connectivity index (χ4n) is 1.06. The summed E-state index contributed by atoms with van der Waals surface area (Å²) in [5, 5.41) is 6.70. The average molecular weight is 232 g/mol. The number of rotatable bonds is 8. The monoisotopic (exact) mass is 232 g/mol. The lowest BCUT2D eigenvalue weighted by atomic mass is 10.3. The zero-order valence-corrected chi connectivity index (χ0v) is 11.1. The zero-order valence-electron chi connectivity index (χ0n) is 10.3. The van der Waals surface area contributed by atoms with Crippen LogP contribution in [0.1, 0.15) is 33.6 Å². The Morgan fingerprint density at radius 2 is 2.07 bits per heavy atom. The second-order valence-corrected chi connectivity index (χ2v) is 5.10. The predicted octanol–water partition coefficient (Wildman–Crippen LogP) is 1.63. The summed E-state index contributed by atoms with van der Waals surface area (Å²) >= 11 is 1.81. The van der Waals surface area contributed by atoms with Crippen LogP contribution in [0.2, 0.25) is 0 Å². The van der Waals surface area contributed by atoms with Crippen molar-refractivity contribution in [3.8, 4) is 0 Å². The van der Waals surface area contributed by atoms with E-state index in [1.807, 2.05) is 6.92 Å². The van der Waals surface area contributed by atoms with Crippen LogP contribution in [0.15, 0.2) is 0 Å². The summed E-state index contributed by atoms with van der Waals surface area (Å²) in [5.41, 5.74) is 0. The molecule has 0 rings (SSSR count). The first-order valence-corrected chi connectivity index (χ1v) is 6.94. The highest BCUT2D eigenvalue weighted by molar-refractivity contribution is 7.99. The lowest BCUT2D eigenvalue weighted by Crippen LogP contribution is -2.44. The molecule has 0 aromatic carbocycles. The van der Waals surface area contributed by atoms with E-state index in [0.29, 0.717) is 5.25 Å². The van der Waals surface area contributed by atoms with Gasteiger partial charge < -0.3 is 10.6 Å². The molecule has 0 aromatic heterocycles. The van der Waals surface area contributed by atoms with E-state index >= 15 is 0 Å². The molecule has 0 aromatic rings. The van der Waals surface area contributed by atoms with Gasteiger partial charge >= 0.3 is 0 Å². The molecule has 0 aliphatic heterocycles. The van der Waals surface area contributed by atoms with E-state index in [2.05, 4.69) is 30.7 Å². The first kappa shape index (κ1) is 14.8. The molecule has 0 aliphatic carbocycles. The Kier molecular flexibility index (Phi) is 8.91. The molecule has 2 N–H and O–H groups in total. The molecule has 2 unspecified atom stereocenters. The van der Waals surface area contributed by atoms with Crippen LogP contribution in [0.3, 0.4) is 0 Å². The SMILES string of the molecule is CCCCNC(=O)C(C)NCC(C)SC. The normalized spacial score (nSPS) is 14.7. The lowest BCUT2D eigenvalue weighted by Gasteiger charge is -2.16. The van der Waals surface area contributed by atoms with Gasteiger partial charge in [-0.15, -0.1) is 0 Å². The van der Waals surface area contributed by atoms with Crippen LogP contribution in [0.25, 0.3) is 0 Å². The largest absolute Gasteiger partial charge is 0.355 e. The van der Waals surface area contributed by atoms with E-state index in [0.717, 1.165) is 25.9 Å². The fraction of sp³-hybridized carbons (Fsp3) is 0.909. The predicted molar refractivity (Wildman–Crippen MR) is 68.4 cm³/mol. The molecule has 4 heteroatoms. The molecule has 2 atom stereocenters. The Bertz CT molecular complexity index is 176. The topological polar surface area (TPSA) is 41.1 Å².